The van der Waals surface area contributed by atoms with Crippen LogP contribution in [0.2, 0.25) is 0 Å². The Bertz CT molecular complexity index is 588. The molecule has 0 spiro atoms. The summed E-state index contributed by atoms with van der Waals surface area (Å²) >= 11 is 0. The van der Waals surface area contributed by atoms with E-state index in [-0.39, 0.29) is 18.3 Å². The van der Waals surface area contributed by atoms with Crippen molar-refractivity contribution in [2.75, 3.05) is 6.61 Å². The zero-order chi connectivity index (χ0) is 14.4. The molecule has 0 unspecified atom stereocenters. The van der Waals surface area contributed by atoms with E-state index in [0.29, 0.717) is 12.6 Å². The molecule has 0 heterocycles. The maximum Gasteiger partial charge on any atom is 0.258 e. The number of amides is 1. The Balaban J connectivity index is 1.80. The zero-order valence-electron chi connectivity index (χ0n) is 10.6. The fraction of sp³-hybridized carbons (Fsp3) is 0.133. The molecule has 1 amide bonds. The molecular formula is C15H13F2NO2. The van der Waals surface area contributed by atoms with Crippen molar-refractivity contribution < 1.29 is 18.3 Å². The van der Waals surface area contributed by atoms with Crippen molar-refractivity contribution in [2.24, 2.45) is 0 Å². The number of halogens is 2. The summed E-state index contributed by atoms with van der Waals surface area (Å²) < 4.78 is 30.9. The van der Waals surface area contributed by atoms with Crippen LogP contribution in [0.1, 0.15) is 5.56 Å². The van der Waals surface area contributed by atoms with Gasteiger partial charge in [-0.1, -0.05) is 30.3 Å². The average molecular weight is 277 g/mol. The van der Waals surface area contributed by atoms with Gasteiger partial charge in [-0.25, -0.2) is 8.78 Å². The molecule has 0 saturated carbocycles. The molecule has 2 rings (SSSR count). The monoisotopic (exact) mass is 277 g/mol. The van der Waals surface area contributed by atoms with E-state index in [4.69, 9.17) is 4.74 Å². The Kier molecular flexibility index (Phi) is 4.65. The Labute approximate surface area is 115 Å². The molecule has 5 heteroatoms. The van der Waals surface area contributed by atoms with Gasteiger partial charge in [0.1, 0.15) is 5.82 Å². The Hall–Kier alpha value is -2.43. The molecule has 0 atom stereocenters. The summed E-state index contributed by atoms with van der Waals surface area (Å²) in [6.07, 6.45) is 0. The van der Waals surface area contributed by atoms with Crippen LogP contribution in [-0.2, 0) is 11.3 Å². The molecule has 2 aromatic rings. The van der Waals surface area contributed by atoms with Crippen molar-refractivity contribution in [1.82, 2.24) is 5.32 Å². The summed E-state index contributed by atoms with van der Waals surface area (Å²) in [6.45, 7) is 0.0460. The lowest BCUT2D eigenvalue weighted by Gasteiger charge is -2.08. The minimum absolute atomic E-state index is 0.152. The van der Waals surface area contributed by atoms with E-state index in [9.17, 15) is 13.6 Å². The van der Waals surface area contributed by atoms with Crippen molar-refractivity contribution >= 4 is 5.91 Å². The van der Waals surface area contributed by atoms with Crippen molar-refractivity contribution in [3.05, 3.63) is 65.7 Å². The molecule has 0 saturated heterocycles. The zero-order valence-corrected chi connectivity index (χ0v) is 10.6. The first-order chi connectivity index (χ1) is 9.65. The van der Waals surface area contributed by atoms with Crippen molar-refractivity contribution in [3.8, 4) is 5.75 Å². The highest BCUT2D eigenvalue weighted by Gasteiger charge is 2.07. The lowest BCUT2D eigenvalue weighted by Crippen LogP contribution is -2.28. The van der Waals surface area contributed by atoms with Crippen LogP contribution in [0.25, 0.3) is 0 Å². The molecular weight excluding hydrogens is 264 g/mol. The smallest absolute Gasteiger partial charge is 0.258 e. The number of hydrogen-bond acceptors (Lipinski definition) is 2. The second kappa shape index (κ2) is 6.65. The van der Waals surface area contributed by atoms with Gasteiger partial charge in [0.15, 0.2) is 18.2 Å². The Morgan fingerprint density at radius 1 is 1.10 bits per heavy atom. The molecule has 2 aromatic carbocycles. The largest absolute Gasteiger partial charge is 0.481 e. The van der Waals surface area contributed by atoms with Crippen LogP contribution in [0.4, 0.5) is 8.78 Å². The van der Waals surface area contributed by atoms with E-state index in [2.05, 4.69) is 5.32 Å². The summed E-state index contributed by atoms with van der Waals surface area (Å²) in [5.74, 6) is -2.05. The molecule has 3 nitrogen and oxygen atoms in total. The third-order valence-electron chi connectivity index (χ3n) is 2.59. The van der Waals surface area contributed by atoms with E-state index in [1.165, 1.54) is 0 Å². The lowest BCUT2D eigenvalue weighted by molar-refractivity contribution is -0.123. The second-order valence-corrected chi connectivity index (χ2v) is 4.13. The van der Waals surface area contributed by atoms with Crippen molar-refractivity contribution in [2.45, 2.75) is 6.54 Å². The van der Waals surface area contributed by atoms with Gasteiger partial charge in [0, 0.05) is 12.6 Å². The lowest BCUT2D eigenvalue weighted by atomic mass is 10.2. The van der Waals surface area contributed by atoms with Crippen LogP contribution in [0.15, 0.2) is 48.5 Å². The average Bonchev–Trinajstić information content (AvgIpc) is 2.45. The first-order valence-corrected chi connectivity index (χ1v) is 6.03. The molecule has 0 aromatic heterocycles. The summed E-state index contributed by atoms with van der Waals surface area (Å²) in [6, 6.07) is 12.3. The van der Waals surface area contributed by atoms with Crippen LogP contribution in [0, 0.1) is 11.6 Å². The van der Waals surface area contributed by atoms with Gasteiger partial charge in [-0.2, -0.15) is 0 Å². The van der Waals surface area contributed by atoms with Crippen LogP contribution >= 0.6 is 0 Å². The third kappa shape index (κ3) is 4.05. The molecule has 20 heavy (non-hydrogen) atoms. The topological polar surface area (TPSA) is 38.3 Å². The molecule has 0 radical (unpaired) electrons. The predicted octanol–water partition coefficient (Wildman–Crippen LogP) is 2.66. The summed E-state index contributed by atoms with van der Waals surface area (Å²) in [5.41, 5.74) is 0.953. The van der Waals surface area contributed by atoms with Gasteiger partial charge in [-0.05, 0) is 17.7 Å². The minimum atomic E-state index is -0.833. The SMILES string of the molecule is O=C(COc1ccc(F)cc1F)NCc1ccccc1. The highest BCUT2D eigenvalue weighted by molar-refractivity contribution is 5.77. The van der Waals surface area contributed by atoms with Gasteiger partial charge in [0.25, 0.3) is 5.91 Å². The van der Waals surface area contributed by atoms with E-state index >= 15 is 0 Å². The standard InChI is InChI=1S/C15H13F2NO2/c16-12-6-7-14(13(17)8-12)20-10-15(19)18-9-11-4-2-1-3-5-11/h1-8H,9-10H2,(H,18,19). The Morgan fingerprint density at radius 3 is 2.55 bits per heavy atom. The van der Waals surface area contributed by atoms with Crippen LogP contribution in [-0.4, -0.2) is 12.5 Å². The number of hydrogen-bond donors (Lipinski definition) is 1. The first-order valence-electron chi connectivity index (χ1n) is 6.03. The fourth-order valence-corrected chi connectivity index (χ4v) is 1.58. The summed E-state index contributed by atoms with van der Waals surface area (Å²) in [5, 5.41) is 2.64. The number of carbonyl (C=O) groups excluding carboxylic acids is 1. The van der Waals surface area contributed by atoms with Crippen molar-refractivity contribution in [3.63, 3.8) is 0 Å². The Morgan fingerprint density at radius 2 is 1.85 bits per heavy atom. The molecule has 0 fully saturated rings. The fourth-order valence-electron chi connectivity index (χ4n) is 1.58. The van der Waals surface area contributed by atoms with Gasteiger partial charge in [-0.3, -0.25) is 4.79 Å². The van der Waals surface area contributed by atoms with Gasteiger partial charge in [0.05, 0.1) is 0 Å². The third-order valence-corrected chi connectivity index (χ3v) is 2.59. The molecule has 0 aliphatic heterocycles. The highest BCUT2D eigenvalue weighted by Crippen LogP contribution is 2.17. The minimum Gasteiger partial charge on any atom is -0.481 e. The molecule has 0 aliphatic rings. The summed E-state index contributed by atoms with van der Waals surface area (Å²) in [4.78, 5) is 11.5. The molecule has 0 aliphatic carbocycles. The van der Waals surface area contributed by atoms with Crippen LogP contribution in [0.3, 0.4) is 0 Å². The van der Waals surface area contributed by atoms with E-state index in [1.54, 1.807) is 0 Å². The van der Waals surface area contributed by atoms with Crippen molar-refractivity contribution in [1.29, 1.82) is 0 Å². The normalized spacial score (nSPS) is 10.1. The number of nitrogens with one attached hydrogen (secondary N) is 1. The van der Waals surface area contributed by atoms with E-state index in [1.807, 2.05) is 30.3 Å². The quantitative estimate of drug-likeness (QED) is 0.912. The molecule has 1 N–H and O–H groups in total. The first kappa shape index (κ1) is 14.0. The molecule has 104 valence electrons. The van der Waals surface area contributed by atoms with Crippen LogP contribution < -0.4 is 10.1 Å². The van der Waals surface area contributed by atoms with Crippen LogP contribution in [0.5, 0.6) is 5.75 Å². The van der Waals surface area contributed by atoms with Gasteiger partial charge < -0.3 is 10.1 Å². The highest BCUT2D eigenvalue weighted by atomic mass is 19.1. The van der Waals surface area contributed by atoms with E-state index < -0.39 is 11.6 Å². The second-order valence-electron chi connectivity index (χ2n) is 4.13. The summed E-state index contributed by atoms with van der Waals surface area (Å²) in [7, 11) is 0. The van der Waals surface area contributed by atoms with Gasteiger partial charge >= 0.3 is 0 Å². The van der Waals surface area contributed by atoms with E-state index in [0.717, 1.165) is 17.7 Å². The maximum atomic E-state index is 13.3. The number of ether oxygens (including phenoxy) is 1. The predicted molar refractivity (Wildman–Crippen MR) is 70.1 cm³/mol. The number of rotatable bonds is 5. The maximum absolute atomic E-state index is 13.3. The van der Waals surface area contributed by atoms with Gasteiger partial charge in [0.2, 0.25) is 0 Å². The molecule has 0 bridgehead atoms. The van der Waals surface area contributed by atoms with Gasteiger partial charge in [-0.15, -0.1) is 0 Å². The number of benzene rings is 2. The number of carbonyl (C=O) groups is 1.